The molecule has 5 nitrogen and oxygen atoms in total. The molecule has 1 amide bonds. The van der Waals surface area contributed by atoms with Gasteiger partial charge in [-0.15, -0.1) is 0 Å². The largest absolute Gasteiger partial charge is 0.444 e. The molecule has 1 unspecified atom stereocenters. The van der Waals surface area contributed by atoms with Gasteiger partial charge in [-0.25, -0.2) is 13.6 Å². The summed E-state index contributed by atoms with van der Waals surface area (Å²) in [6.45, 7) is 7.40. The number of rotatable bonds is 5. The number of piperazine rings is 1. The number of hydrogen-bond acceptors (Lipinski definition) is 4. The zero-order valence-corrected chi connectivity index (χ0v) is 18.5. The van der Waals surface area contributed by atoms with Gasteiger partial charge in [0.2, 0.25) is 0 Å². The first-order chi connectivity index (χ1) is 14.7. The Morgan fingerprint density at radius 2 is 1.52 bits per heavy atom. The van der Waals surface area contributed by atoms with E-state index >= 15 is 0 Å². The van der Waals surface area contributed by atoms with E-state index in [9.17, 15) is 13.6 Å². The molecule has 168 valence electrons. The van der Waals surface area contributed by atoms with Crippen LogP contribution in [-0.4, -0.2) is 60.9 Å². The van der Waals surface area contributed by atoms with Gasteiger partial charge in [0, 0.05) is 26.7 Å². The lowest BCUT2D eigenvalue weighted by molar-refractivity contribution is -0.0167. The summed E-state index contributed by atoms with van der Waals surface area (Å²) >= 11 is 0. The van der Waals surface area contributed by atoms with Crippen molar-refractivity contribution in [2.24, 2.45) is 0 Å². The minimum absolute atomic E-state index is 0.119. The molecule has 1 heterocycles. The molecule has 2 aromatic carbocycles. The third-order valence-corrected chi connectivity index (χ3v) is 5.24. The number of carbonyl (C=O) groups excluding carboxylic acids is 1. The topological polar surface area (TPSA) is 42.0 Å². The molecule has 1 atom stereocenters. The van der Waals surface area contributed by atoms with E-state index in [1.807, 2.05) is 20.8 Å². The molecule has 1 aliphatic heterocycles. The third kappa shape index (κ3) is 6.02. The number of nitrogens with zero attached hydrogens (tertiary/aromatic N) is 2. The average Bonchev–Trinajstić information content (AvgIpc) is 2.71. The second kappa shape index (κ2) is 9.75. The van der Waals surface area contributed by atoms with Crippen LogP contribution >= 0.6 is 0 Å². The number of benzene rings is 2. The maximum atomic E-state index is 13.6. The number of methoxy groups -OCH3 is 1. The first-order valence-corrected chi connectivity index (χ1v) is 10.4. The van der Waals surface area contributed by atoms with E-state index in [0.717, 1.165) is 11.1 Å². The quantitative estimate of drug-likeness (QED) is 0.691. The molecule has 1 aliphatic rings. The molecule has 0 aliphatic carbocycles. The van der Waals surface area contributed by atoms with Crippen molar-refractivity contribution in [1.29, 1.82) is 0 Å². The van der Waals surface area contributed by atoms with Crippen LogP contribution in [0.4, 0.5) is 13.6 Å². The Bertz CT molecular complexity index is 820. The predicted octanol–water partition coefficient (Wildman–Crippen LogP) is 4.62. The highest BCUT2D eigenvalue weighted by atomic mass is 19.1. The van der Waals surface area contributed by atoms with Gasteiger partial charge in [0.25, 0.3) is 0 Å². The average molecular weight is 433 g/mol. The van der Waals surface area contributed by atoms with Crippen LogP contribution in [0.25, 0.3) is 0 Å². The van der Waals surface area contributed by atoms with Crippen LogP contribution in [0.5, 0.6) is 0 Å². The summed E-state index contributed by atoms with van der Waals surface area (Å²) in [5, 5.41) is 0. The molecule has 0 spiro atoms. The van der Waals surface area contributed by atoms with E-state index in [4.69, 9.17) is 9.47 Å². The molecule has 1 fully saturated rings. The van der Waals surface area contributed by atoms with Gasteiger partial charge in [-0.05, 0) is 56.2 Å². The second-order valence-electron chi connectivity index (χ2n) is 8.78. The molecule has 7 heteroatoms. The van der Waals surface area contributed by atoms with E-state index in [-0.39, 0.29) is 29.8 Å². The molecular formula is C24H30F2N2O3. The Morgan fingerprint density at radius 3 is 1.97 bits per heavy atom. The van der Waals surface area contributed by atoms with Crippen LogP contribution in [0.1, 0.15) is 37.9 Å². The fourth-order valence-corrected chi connectivity index (χ4v) is 3.91. The summed E-state index contributed by atoms with van der Waals surface area (Å²) in [6, 6.07) is 12.3. The number of carbonyl (C=O) groups is 1. The molecule has 0 N–H and O–H groups in total. The molecule has 1 saturated heterocycles. The first kappa shape index (κ1) is 23.2. The minimum Gasteiger partial charge on any atom is -0.444 e. The van der Waals surface area contributed by atoms with E-state index in [2.05, 4.69) is 4.90 Å². The van der Waals surface area contributed by atoms with E-state index in [0.29, 0.717) is 26.2 Å². The number of ether oxygens (including phenoxy) is 2. The Hall–Kier alpha value is -2.51. The van der Waals surface area contributed by atoms with Gasteiger partial charge in [0.15, 0.2) is 0 Å². The molecule has 0 radical (unpaired) electrons. The summed E-state index contributed by atoms with van der Waals surface area (Å²) in [5.74, 6) is -0.630. The van der Waals surface area contributed by atoms with Crippen LogP contribution in [-0.2, 0) is 9.47 Å². The highest BCUT2D eigenvalue weighted by Gasteiger charge is 2.36. The SMILES string of the molecule is COCC1CN(C(=O)OC(C)(C)C)CCN1C(c1ccc(F)cc1)c1ccc(F)cc1. The Labute approximate surface area is 182 Å². The smallest absolute Gasteiger partial charge is 0.410 e. The lowest BCUT2D eigenvalue weighted by Crippen LogP contribution is -2.57. The lowest BCUT2D eigenvalue weighted by atomic mass is 9.94. The van der Waals surface area contributed by atoms with Crippen molar-refractivity contribution < 1.29 is 23.0 Å². The molecular weight excluding hydrogens is 402 g/mol. The summed E-state index contributed by atoms with van der Waals surface area (Å²) in [6.07, 6.45) is -0.353. The summed E-state index contributed by atoms with van der Waals surface area (Å²) in [5.41, 5.74) is 1.20. The fourth-order valence-electron chi connectivity index (χ4n) is 3.91. The van der Waals surface area contributed by atoms with Crippen molar-refractivity contribution in [1.82, 2.24) is 9.80 Å². The van der Waals surface area contributed by atoms with E-state index < -0.39 is 5.60 Å². The van der Waals surface area contributed by atoms with Crippen LogP contribution in [0.15, 0.2) is 48.5 Å². The van der Waals surface area contributed by atoms with Crippen molar-refractivity contribution in [3.05, 3.63) is 71.3 Å². The molecule has 2 aromatic rings. The van der Waals surface area contributed by atoms with Gasteiger partial charge >= 0.3 is 6.09 Å². The van der Waals surface area contributed by atoms with Crippen molar-refractivity contribution >= 4 is 6.09 Å². The van der Waals surface area contributed by atoms with Gasteiger partial charge in [-0.3, -0.25) is 4.90 Å². The molecule has 0 bridgehead atoms. The first-order valence-electron chi connectivity index (χ1n) is 10.4. The van der Waals surface area contributed by atoms with Gasteiger partial charge < -0.3 is 14.4 Å². The minimum atomic E-state index is -0.574. The fraction of sp³-hybridized carbons (Fsp3) is 0.458. The van der Waals surface area contributed by atoms with Crippen LogP contribution in [0.2, 0.25) is 0 Å². The van der Waals surface area contributed by atoms with Crippen molar-refractivity contribution in [2.75, 3.05) is 33.4 Å². The zero-order chi connectivity index (χ0) is 22.6. The molecule has 0 aromatic heterocycles. The van der Waals surface area contributed by atoms with Crippen molar-refractivity contribution in [3.63, 3.8) is 0 Å². The monoisotopic (exact) mass is 432 g/mol. The maximum absolute atomic E-state index is 13.6. The summed E-state index contributed by atoms with van der Waals surface area (Å²) in [4.78, 5) is 16.5. The molecule has 3 rings (SSSR count). The normalized spacial score (nSPS) is 17.8. The number of halogens is 2. The summed E-state index contributed by atoms with van der Waals surface area (Å²) < 4.78 is 38.2. The van der Waals surface area contributed by atoms with E-state index in [1.165, 1.54) is 24.3 Å². The van der Waals surface area contributed by atoms with Gasteiger partial charge in [-0.1, -0.05) is 24.3 Å². The number of hydrogen-bond donors (Lipinski definition) is 0. The van der Waals surface area contributed by atoms with Crippen molar-refractivity contribution in [3.8, 4) is 0 Å². The molecule has 31 heavy (non-hydrogen) atoms. The Morgan fingerprint density at radius 1 is 1.00 bits per heavy atom. The Kier molecular flexibility index (Phi) is 7.28. The highest BCUT2D eigenvalue weighted by Crippen LogP contribution is 2.32. The van der Waals surface area contributed by atoms with Gasteiger partial charge in [0.1, 0.15) is 17.2 Å². The van der Waals surface area contributed by atoms with Crippen LogP contribution in [0, 0.1) is 11.6 Å². The lowest BCUT2D eigenvalue weighted by Gasteiger charge is -2.45. The third-order valence-electron chi connectivity index (χ3n) is 5.24. The highest BCUT2D eigenvalue weighted by molar-refractivity contribution is 5.68. The van der Waals surface area contributed by atoms with Gasteiger partial charge in [-0.2, -0.15) is 0 Å². The standard InChI is InChI=1S/C24H30F2N2O3/c1-24(2,3)31-23(29)27-13-14-28(21(15-27)16-30-4)22(17-5-9-19(25)10-6-17)18-7-11-20(26)12-8-18/h5-12,21-22H,13-16H2,1-4H3. The van der Waals surface area contributed by atoms with E-state index in [1.54, 1.807) is 36.3 Å². The summed E-state index contributed by atoms with van der Waals surface area (Å²) in [7, 11) is 1.62. The van der Waals surface area contributed by atoms with Crippen LogP contribution < -0.4 is 0 Å². The van der Waals surface area contributed by atoms with Gasteiger partial charge in [0.05, 0.1) is 18.7 Å². The predicted molar refractivity (Wildman–Crippen MR) is 115 cm³/mol. The second-order valence-corrected chi connectivity index (χ2v) is 8.78. The maximum Gasteiger partial charge on any atom is 0.410 e. The zero-order valence-electron chi connectivity index (χ0n) is 18.5. The van der Waals surface area contributed by atoms with Crippen LogP contribution in [0.3, 0.4) is 0 Å². The van der Waals surface area contributed by atoms with Crippen molar-refractivity contribution in [2.45, 2.75) is 38.5 Å². The molecule has 0 saturated carbocycles. The number of amides is 1. The Balaban J connectivity index is 1.91.